The normalized spacial score (nSPS) is 14.2. The molecule has 0 bridgehead atoms. The second-order valence-electron chi connectivity index (χ2n) is 5.33. The molecule has 0 radical (unpaired) electrons. The van der Waals surface area contributed by atoms with Crippen LogP contribution in [0.1, 0.15) is 17.0 Å². The predicted molar refractivity (Wildman–Crippen MR) is 87.4 cm³/mol. The molecule has 1 heterocycles. The molecule has 0 aliphatic carbocycles. The number of fused-ring (bicyclic) bond motifs is 2. The zero-order chi connectivity index (χ0) is 16.6. The summed E-state index contributed by atoms with van der Waals surface area (Å²) in [7, 11) is 1.92. The molecular weight excluding hydrogens is 323 g/mol. The van der Waals surface area contributed by atoms with E-state index in [-0.39, 0.29) is 5.05 Å². The van der Waals surface area contributed by atoms with Crippen LogP contribution in [-0.2, 0) is 4.74 Å². The first-order valence-electron chi connectivity index (χ1n) is 7.03. The van der Waals surface area contributed by atoms with Crippen molar-refractivity contribution in [1.29, 1.82) is 0 Å². The second-order valence-corrected chi connectivity index (χ2v) is 5.73. The highest BCUT2D eigenvalue weighted by molar-refractivity contribution is 7.80. The fourth-order valence-corrected chi connectivity index (χ4v) is 3.17. The molecule has 0 saturated carbocycles. The van der Waals surface area contributed by atoms with E-state index in [9.17, 15) is 13.2 Å². The van der Waals surface area contributed by atoms with Crippen LogP contribution >= 0.6 is 12.2 Å². The van der Waals surface area contributed by atoms with Crippen LogP contribution in [0.15, 0.2) is 48.5 Å². The Labute approximate surface area is 137 Å². The summed E-state index contributed by atoms with van der Waals surface area (Å²) in [6, 6.07) is 15.1. The highest BCUT2D eigenvalue weighted by Crippen LogP contribution is 2.45. The summed E-state index contributed by atoms with van der Waals surface area (Å²) in [6.45, 7) is -1.37. The van der Waals surface area contributed by atoms with Gasteiger partial charge < -0.3 is 9.64 Å². The van der Waals surface area contributed by atoms with Gasteiger partial charge in [0.05, 0.1) is 5.92 Å². The number of benzene rings is 2. The van der Waals surface area contributed by atoms with E-state index in [0.29, 0.717) is 0 Å². The maximum atomic E-state index is 12.4. The largest absolute Gasteiger partial charge is 0.477 e. The predicted octanol–water partition coefficient (Wildman–Crippen LogP) is 4.81. The topological polar surface area (TPSA) is 12.5 Å². The van der Waals surface area contributed by atoms with E-state index in [1.54, 1.807) is 0 Å². The first kappa shape index (κ1) is 15.8. The van der Waals surface area contributed by atoms with Gasteiger partial charge in [-0.25, -0.2) is 0 Å². The second kappa shape index (κ2) is 5.85. The molecule has 23 heavy (non-hydrogen) atoms. The van der Waals surface area contributed by atoms with Crippen molar-refractivity contribution in [2.45, 2.75) is 12.1 Å². The zero-order valence-corrected chi connectivity index (χ0v) is 13.1. The summed E-state index contributed by atoms with van der Waals surface area (Å²) in [4.78, 5) is 2.01. The molecule has 1 aliphatic rings. The molecule has 0 N–H and O–H groups in total. The molecule has 0 spiro atoms. The Kier molecular flexibility index (Phi) is 4.02. The highest BCUT2D eigenvalue weighted by Gasteiger charge is 2.35. The number of thiocarbonyl (C=S) groups is 1. The lowest BCUT2D eigenvalue weighted by Crippen LogP contribution is -2.28. The number of nitrogens with zero attached hydrogens (tertiary/aromatic N) is 1. The number of rotatable bonds is 2. The van der Waals surface area contributed by atoms with Crippen LogP contribution in [0.5, 0.6) is 0 Å². The van der Waals surface area contributed by atoms with Crippen LogP contribution in [0.4, 0.5) is 24.5 Å². The molecule has 0 aromatic heterocycles. The zero-order valence-electron chi connectivity index (χ0n) is 12.3. The van der Waals surface area contributed by atoms with Gasteiger partial charge in [0, 0.05) is 18.4 Å². The molecule has 6 heteroatoms. The summed E-state index contributed by atoms with van der Waals surface area (Å²) >= 11 is 5.19. The van der Waals surface area contributed by atoms with Gasteiger partial charge in [0.15, 0.2) is 11.7 Å². The average Bonchev–Trinajstić information content (AvgIpc) is 2.53. The molecule has 2 aromatic carbocycles. The average molecular weight is 337 g/mol. The quantitative estimate of drug-likeness (QED) is 0.730. The number of hydrogen-bond acceptors (Lipinski definition) is 3. The van der Waals surface area contributed by atoms with Crippen molar-refractivity contribution in [3.8, 4) is 0 Å². The third-order valence-corrected chi connectivity index (χ3v) is 4.19. The minimum Gasteiger partial charge on any atom is -0.477 e. The van der Waals surface area contributed by atoms with Crippen molar-refractivity contribution in [2.24, 2.45) is 0 Å². The Balaban J connectivity index is 2.03. The summed E-state index contributed by atoms with van der Waals surface area (Å²) < 4.78 is 42.2. The molecule has 2 nitrogen and oxygen atoms in total. The van der Waals surface area contributed by atoms with Crippen LogP contribution in [0.2, 0.25) is 0 Å². The van der Waals surface area contributed by atoms with Crippen molar-refractivity contribution in [1.82, 2.24) is 0 Å². The molecular formula is C17H14F3NOS. The SMILES string of the molecule is CN1c2ccccc2C(C(=S)OCC(F)(F)F)c2ccccc21. The third kappa shape index (κ3) is 3.03. The lowest BCUT2D eigenvalue weighted by molar-refractivity contribution is -0.156. The Morgan fingerprint density at radius 1 is 1.04 bits per heavy atom. The molecule has 0 saturated heterocycles. The molecule has 3 rings (SSSR count). The molecule has 0 fully saturated rings. The van der Waals surface area contributed by atoms with Gasteiger partial charge in [-0.15, -0.1) is 0 Å². The number of anilines is 2. The molecule has 0 amide bonds. The minimum absolute atomic E-state index is 0.0599. The maximum Gasteiger partial charge on any atom is 0.422 e. The van der Waals surface area contributed by atoms with Gasteiger partial charge in [-0.05, 0) is 35.5 Å². The van der Waals surface area contributed by atoms with Crippen LogP contribution < -0.4 is 4.90 Å². The monoisotopic (exact) mass is 337 g/mol. The number of halogens is 3. The molecule has 120 valence electrons. The Hall–Kier alpha value is -2.08. The van der Waals surface area contributed by atoms with Crippen molar-refractivity contribution in [3.63, 3.8) is 0 Å². The van der Waals surface area contributed by atoms with Gasteiger partial charge in [0.25, 0.3) is 0 Å². The van der Waals surface area contributed by atoms with Gasteiger partial charge in [0.1, 0.15) is 0 Å². The van der Waals surface area contributed by atoms with E-state index in [1.165, 1.54) is 0 Å². The first-order chi connectivity index (χ1) is 10.9. The van der Waals surface area contributed by atoms with Gasteiger partial charge in [-0.1, -0.05) is 36.4 Å². The Bertz CT molecular complexity index is 697. The summed E-state index contributed by atoms with van der Waals surface area (Å²) in [5.41, 5.74) is 3.52. The Morgan fingerprint density at radius 2 is 1.52 bits per heavy atom. The van der Waals surface area contributed by atoms with Crippen LogP contribution in [0.25, 0.3) is 0 Å². The van der Waals surface area contributed by atoms with Gasteiger partial charge in [-0.2, -0.15) is 13.2 Å². The molecule has 0 unspecified atom stereocenters. The van der Waals surface area contributed by atoms with Crippen molar-refractivity contribution in [3.05, 3.63) is 59.7 Å². The number of ether oxygens (including phenoxy) is 1. The fourth-order valence-electron chi connectivity index (χ4n) is 2.86. The van der Waals surface area contributed by atoms with Crippen molar-refractivity contribution >= 4 is 28.6 Å². The van der Waals surface area contributed by atoms with E-state index in [1.807, 2.05) is 60.5 Å². The number of alkyl halides is 3. The van der Waals surface area contributed by atoms with Crippen LogP contribution in [0.3, 0.4) is 0 Å². The van der Waals surface area contributed by atoms with Gasteiger partial charge >= 0.3 is 6.18 Å². The van der Waals surface area contributed by atoms with Crippen LogP contribution in [-0.4, -0.2) is 24.9 Å². The first-order valence-corrected chi connectivity index (χ1v) is 7.44. The maximum absolute atomic E-state index is 12.4. The highest BCUT2D eigenvalue weighted by atomic mass is 32.1. The number of para-hydroxylation sites is 2. The Morgan fingerprint density at radius 3 is 2.00 bits per heavy atom. The summed E-state index contributed by atoms with van der Waals surface area (Å²) in [5.74, 6) is -0.490. The van der Waals surface area contributed by atoms with Gasteiger partial charge in [0.2, 0.25) is 0 Å². The third-order valence-electron chi connectivity index (χ3n) is 3.83. The van der Waals surface area contributed by atoms with E-state index in [4.69, 9.17) is 17.0 Å². The van der Waals surface area contributed by atoms with E-state index in [0.717, 1.165) is 22.5 Å². The van der Waals surface area contributed by atoms with Crippen molar-refractivity contribution < 1.29 is 17.9 Å². The minimum atomic E-state index is -4.41. The van der Waals surface area contributed by atoms with E-state index < -0.39 is 18.7 Å². The summed E-state index contributed by atoms with van der Waals surface area (Å²) in [6.07, 6.45) is -4.41. The fraction of sp³-hybridized carbons (Fsp3) is 0.235. The lowest BCUT2D eigenvalue weighted by atomic mass is 9.85. The molecule has 1 aliphatic heterocycles. The molecule has 0 atom stereocenters. The standard InChI is InChI=1S/C17H14F3NOS/c1-21-13-8-4-2-6-11(13)15(12-7-3-5-9-14(12)21)16(23)22-10-17(18,19)20/h2-9,15H,10H2,1H3. The molecule has 2 aromatic rings. The van der Waals surface area contributed by atoms with Crippen LogP contribution in [0, 0.1) is 0 Å². The van der Waals surface area contributed by atoms with E-state index in [2.05, 4.69) is 0 Å². The smallest absolute Gasteiger partial charge is 0.422 e. The van der Waals surface area contributed by atoms with E-state index >= 15 is 0 Å². The lowest BCUT2D eigenvalue weighted by Gasteiger charge is -2.35. The summed E-state index contributed by atoms with van der Waals surface area (Å²) in [5, 5.41) is -0.0599. The van der Waals surface area contributed by atoms with Gasteiger partial charge in [-0.3, -0.25) is 0 Å². The van der Waals surface area contributed by atoms with Crippen molar-refractivity contribution in [2.75, 3.05) is 18.6 Å². The number of hydrogen-bond donors (Lipinski definition) is 0.